The third-order valence-corrected chi connectivity index (χ3v) is 5.50. The molecule has 3 N–H and O–H groups in total. The summed E-state index contributed by atoms with van der Waals surface area (Å²) in [6, 6.07) is 0. The molecule has 0 aliphatic carbocycles. The molecule has 0 bridgehead atoms. The zero-order chi connectivity index (χ0) is 18.5. The van der Waals surface area contributed by atoms with Crippen LogP contribution in [-0.4, -0.2) is 27.5 Å². The normalized spacial score (nSPS) is 11.1. The van der Waals surface area contributed by atoms with E-state index < -0.39 is 0 Å². The van der Waals surface area contributed by atoms with Crippen molar-refractivity contribution in [3.8, 4) is 22.8 Å². The summed E-state index contributed by atoms with van der Waals surface area (Å²) in [5.74, 6) is 0. The molecule has 3 heterocycles. The fourth-order valence-corrected chi connectivity index (χ4v) is 3.35. The Bertz CT molecular complexity index is 920. The van der Waals surface area contributed by atoms with Crippen LogP contribution in [0.1, 0.15) is 54.4 Å². The maximum absolute atomic E-state index is 11.2. The predicted octanol–water partition coefficient (Wildman–Crippen LogP) is 4.48. The van der Waals surface area contributed by atoms with Gasteiger partial charge in [-0.15, -0.1) is 0 Å². The van der Waals surface area contributed by atoms with Crippen LogP contribution in [0.2, 0.25) is 0 Å². The molecule has 25 heavy (non-hydrogen) atoms. The lowest BCUT2D eigenvalue weighted by Gasteiger charge is -2.01. The van der Waals surface area contributed by atoms with E-state index >= 15 is 0 Å². The van der Waals surface area contributed by atoms with Gasteiger partial charge < -0.3 is 15.0 Å². The van der Waals surface area contributed by atoms with Crippen LogP contribution in [0.5, 0.6) is 0 Å². The van der Waals surface area contributed by atoms with Gasteiger partial charge in [-0.1, -0.05) is 0 Å². The lowest BCUT2D eigenvalue weighted by molar-refractivity contribution is 0.111. The molecule has 0 fully saturated rings. The van der Waals surface area contributed by atoms with Gasteiger partial charge in [0.05, 0.1) is 34.2 Å². The van der Waals surface area contributed by atoms with Crippen LogP contribution in [0.25, 0.3) is 22.8 Å². The quantitative estimate of drug-likeness (QED) is 0.613. The number of aromatic amines is 3. The molecule has 0 unspecified atom stereocenters. The summed E-state index contributed by atoms with van der Waals surface area (Å²) in [6.07, 6.45) is 1.71. The van der Waals surface area contributed by atoms with Crippen LogP contribution in [0.15, 0.2) is 0 Å². The SMILES string of the molecule is Cc1c(C=O)[nH]c(-c2[nH]c(-c3[nH]c(C=O)c(C)c3C)c(C)c2C)c1C. The van der Waals surface area contributed by atoms with Crippen LogP contribution >= 0.6 is 0 Å². The average Bonchev–Trinajstić information content (AvgIpc) is 3.16. The first-order chi connectivity index (χ1) is 11.8. The van der Waals surface area contributed by atoms with Crippen molar-refractivity contribution in [2.45, 2.75) is 41.5 Å². The Balaban J connectivity index is 2.23. The second-order valence-electron chi connectivity index (χ2n) is 6.69. The largest absolute Gasteiger partial charge is 0.352 e. The van der Waals surface area contributed by atoms with Gasteiger partial charge in [0, 0.05) is 0 Å². The van der Waals surface area contributed by atoms with Crippen molar-refractivity contribution in [3.63, 3.8) is 0 Å². The number of aromatic nitrogens is 3. The zero-order valence-corrected chi connectivity index (χ0v) is 15.5. The van der Waals surface area contributed by atoms with Crippen LogP contribution < -0.4 is 0 Å². The highest BCUT2D eigenvalue weighted by Gasteiger charge is 2.21. The summed E-state index contributed by atoms with van der Waals surface area (Å²) < 4.78 is 0. The van der Waals surface area contributed by atoms with Crippen LogP contribution in [0.4, 0.5) is 0 Å². The molecule has 5 nitrogen and oxygen atoms in total. The van der Waals surface area contributed by atoms with Gasteiger partial charge in [0.1, 0.15) is 0 Å². The van der Waals surface area contributed by atoms with E-state index in [0.29, 0.717) is 11.4 Å². The smallest absolute Gasteiger partial charge is 0.166 e. The van der Waals surface area contributed by atoms with Gasteiger partial charge >= 0.3 is 0 Å². The Morgan fingerprint density at radius 1 is 0.480 bits per heavy atom. The predicted molar refractivity (Wildman–Crippen MR) is 99.6 cm³/mol. The summed E-state index contributed by atoms with van der Waals surface area (Å²) in [7, 11) is 0. The summed E-state index contributed by atoms with van der Waals surface area (Å²) in [6.45, 7) is 12.0. The highest BCUT2D eigenvalue weighted by Crippen LogP contribution is 2.36. The summed E-state index contributed by atoms with van der Waals surface area (Å²) in [5.41, 5.74) is 11.3. The number of carbonyl (C=O) groups excluding carboxylic acids is 2. The molecule has 0 aliphatic rings. The van der Waals surface area contributed by atoms with Gasteiger partial charge in [-0.05, 0) is 74.9 Å². The molecule has 3 aromatic heterocycles. The van der Waals surface area contributed by atoms with Gasteiger partial charge in [-0.2, -0.15) is 0 Å². The molecule has 0 aromatic carbocycles. The number of hydrogen-bond donors (Lipinski definition) is 3. The molecular formula is C20H23N3O2. The molecule has 0 spiro atoms. The molecule has 0 amide bonds. The average molecular weight is 337 g/mol. The second kappa shape index (κ2) is 5.92. The molecule has 130 valence electrons. The van der Waals surface area contributed by atoms with E-state index in [4.69, 9.17) is 0 Å². The maximum atomic E-state index is 11.2. The number of hydrogen-bond acceptors (Lipinski definition) is 2. The number of rotatable bonds is 4. The molecule has 0 radical (unpaired) electrons. The maximum Gasteiger partial charge on any atom is 0.166 e. The Labute approximate surface area is 146 Å². The van der Waals surface area contributed by atoms with Gasteiger partial charge in [-0.25, -0.2) is 0 Å². The van der Waals surface area contributed by atoms with Crippen LogP contribution in [-0.2, 0) is 0 Å². The van der Waals surface area contributed by atoms with Crippen molar-refractivity contribution in [1.29, 1.82) is 0 Å². The fourth-order valence-electron chi connectivity index (χ4n) is 3.35. The molecule has 5 heteroatoms. The van der Waals surface area contributed by atoms with Crippen molar-refractivity contribution in [3.05, 3.63) is 44.8 Å². The highest BCUT2D eigenvalue weighted by molar-refractivity contribution is 5.84. The molecular weight excluding hydrogens is 314 g/mol. The van der Waals surface area contributed by atoms with Crippen molar-refractivity contribution < 1.29 is 9.59 Å². The molecule has 0 atom stereocenters. The van der Waals surface area contributed by atoms with E-state index in [-0.39, 0.29) is 0 Å². The zero-order valence-electron chi connectivity index (χ0n) is 15.5. The minimum Gasteiger partial charge on any atom is -0.352 e. The lowest BCUT2D eigenvalue weighted by Crippen LogP contribution is -1.86. The topological polar surface area (TPSA) is 81.5 Å². The van der Waals surface area contributed by atoms with E-state index in [1.54, 1.807) is 0 Å². The van der Waals surface area contributed by atoms with E-state index in [0.717, 1.165) is 68.7 Å². The monoisotopic (exact) mass is 337 g/mol. The van der Waals surface area contributed by atoms with Crippen molar-refractivity contribution in [2.24, 2.45) is 0 Å². The van der Waals surface area contributed by atoms with Crippen LogP contribution in [0, 0.1) is 41.5 Å². The highest BCUT2D eigenvalue weighted by atomic mass is 16.1. The van der Waals surface area contributed by atoms with Crippen molar-refractivity contribution in [2.75, 3.05) is 0 Å². The Hall–Kier alpha value is -2.82. The fraction of sp³-hybridized carbons (Fsp3) is 0.300. The first-order valence-electron chi connectivity index (χ1n) is 8.30. The third-order valence-electron chi connectivity index (χ3n) is 5.50. The van der Waals surface area contributed by atoms with Gasteiger partial charge in [0.2, 0.25) is 0 Å². The van der Waals surface area contributed by atoms with Crippen molar-refractivity contribution >= 4 is 12.6 Å². The standard InChI is InChI=1S/C20H23N3O2/c1-9-11(3)17(21-15(9)7-24)19-13(5)14(6)20(23-19)18-12(4)10(2)16(8-25)22-18/h7-8,21-23H,1-6H3. The van der Waals surface area contributed by atoms with Crippen molar-refractivity contribution in [1.82, 2.24) is 15.0 Å². The Morgan fingerprint density at radius 2 is 0.760 bits per heavy atom. The lowest BCUT2D eigenvalue weighted by atomic mass is 10.0. The van der Waals surface area contributed by atoms with E-state index in [9.17, 15) is 9.59 Å². The number of nitrogens with one attached hydrogen (secondary N) is 3. The van der Waals surface area contributed by atoms with Crippen LogP contribution in [0.3, 0.4) is 0 Å². The first-order valence-corrected chi connectivity index (χ1v) is 8.30. The summed E-state index contributed by atoms with van der Waals surface area (Å²) in [5, 5.41) is 0. The molecule has 3 aromatic rings. The number of H-pyrrole nitrogens is 3. The third kappa shape index (κ3) is 2.38. The van der Waals surface area contributed by atoms with E-state index in [1.165, 1.54) is 0 Å². The van der Waals surface area contributed by atoms with Gasteiger partial charge in [0.25, 0.3) is 0 Å². The van der Waals surface area contributed by atoms with Gasteiger partial charge in [-0.3, -0.25) is 9.59 Å². The number of carbonyl (C=O) groups is 2. The minimum absolute atomic E-state index is 0.607. The Morgan fingerprint density at radius 3 is 1.04 bits per heavy atom. The van der Waals surface area contributed by atoms with E-state index in [2.05, 4.69) is 28.8 Å². The van der Waals surface area contributed by atoms with E-state index in [1.807, 2.05) is 27.7 Å². The molecule has 0 saturated heterocycles. The summed E-state index contributed by atoms with van der Waals surface area (Å²) in [4.78, 5) is 32.4. The Kier molecular flexibility index (Phi) is 4.03. The minimum atomic E-state index is 0.607. The molecule has 0 saturated carbocycles. The number of aldehydes is 2. The second-order valence-corrected chi connectivity index (χ2v) is 6.69. The van der Waals surface area contributed by atoms with Gasteiger partial charge in [0.15, 0.2) is 12.6 Å². The molecule has 3 rings (SSSR count). The first kappa shape index (κ1) is 17.0. The molecule has 0 aliphatic heterocycles. The summed E-state index contributed by atoms with van der Waals surface area (Å²) >= 11 is 0.